The van der Waals surface area contributed by atoms with E-state index in [4.69, 9.17) is 13.8 Å². The van der Waals surface area contributed by atoms with Crippen LogP contribution in [0.3, 0.4) is 0 Å². The maximum absolute atomic E-state index is 14.1. The molecule has 190 valence electrons. The highest BCUT2D eigenvalue weighted by Crippen LogP contribution is 2.53. The van der Waals surface area contributed by atoms with Gasteiger partial charge in [0.2, 0.25) is 5.91 Å². The molecule has 2 aromatic carbocycles. The van der Waals surface area contributed by atoms with Crippen molar-refractivity contribution in [2.45, 2.75) is 58.0 Å². The van der Waals surface area contributed by atoms with Gasteiger partial charge in [-0.25, -0.2) is 9.36 Å². The van der Waals surface area contributed by atoms with Gasteiger partial charge in [0.05, 0.1) is 0 Å². The molecule has 0 spiro atoms. The number of benzene rings is 2. The van der Waals surface area contributed by atoms with Crippen LogP contribution in [0.25, 0.3) is 0 Å². The molecular formula is C24H31N2O8P. The average molecular weight is 506 g/mol. The fraction of sp³-hybridized carbons (Fsp3) is 0.375. The predicted octanol–water partition coefficient (Wildman–Crippen LogP) is 4.56. The van der Waals surface area contributed by atoms with Crippen LogP contribution >= 0.6 is 7.60 Å². The van der Waals surface area contributed by atoms with Gasteiger partial charge in [0.15, 0.2) is 5.78 Å². The number of alkyl carbamates (subject to hydrolysis) is 1. The van der Waals surface area contributed by atoms with Crippen LogP contribution in [-0.2, 0) is 18.9 Å². The molecule has 0 saturated heterocycles. The summed E-state index contributed by atoms with van der Waals surface area (Å²) in [7, 11) is -4.23. The summed E-state index contributed by atoms with van der Waals surface area (Å²) in [4.78, 5) is 36.2. The molecule has 0 aliphatic rings. The van der Waals surface area contributed by atoms with Gasteiger partial charge in [-0.15, -0.1) is 0 Å². The Morgan fingerprint density at radius 2 is 1.40 bits per heavy atom. The third-order valence-electron chi connectivity index (χ3n) is 4.40. The largest absolute Gasteiger partial charge is 0.481 e. The smallest absolute Gasteiger partial charge is 0.452 e. The lowest BCUT2D eigenvalue weighted by Gasteiger charge is -2.29. The Bertz CT molecular complexity index is 995. The van der Waals surface area contributed by atoms with Crippen LogP contribution in [0.4, 0.5) is 4.79 Å². The first-order chi connectivity index (χ1) is 16.4. The van der Waals surface area contributed by atoms with E-state index in [-0.39, 0.29) is 17.9 Å². The van der Waals surface area contributed by atoms with Crippen molar-refractivity contribution in [3.63, 3.8) is 0 Å². The van der Waals surface area contributed by atoms with Gasteiger partial charge < -0.3 is 29.5 Å². The normalized spacial score (nSPS) is 13.1. The number of hydrogen-bond donors (Lipinski definition) is 3. The van der Waals surface area contributed by atoms with E-state index in [9.17, 15) is 24.1 Å². The summed E-state index contributed by atoms with van der Waals surface area (Å²) in [6.07, 6.45) is -1.48. The van der Waals surface area contributed by atoms with Gasteiger partial charge in [-0.05, 0) is 58.4 Å². The molecule has 10 nitrogen and oxygen atoms in total. The molecule has 0 aliphatic carbocycles. The van der Waals surface area contributed by atoms with Crippen molar-refractivity contribution in [2.75, 3.05) is 0 Å². The number of aliphatic carboxylic acids is 1. The number of amides is 2. The number of carbonyl (C=O) groups is 3. The summed E-state index contributed by atoms with van der Waals surface area (Å²) in [5.41, 5.74) is -0.771. The van der Waals surface area contributed by atoms with Crippen molar-refractivity contribution in [1.82, 2.24) is 10.6 Å². The molecule has 2 amide bonds. The third-order valence-corrected chi connectivity index (χ3v) is 6.48. The maximum atomic E-state index is 14.1. The molecule has 2 aromatic rings. The summed E-state index contributed by atoms with van der Waals surface area (Å²) in [5.74, 6) is -2.80. The highest BCUT2D eigenvalue weighted by atomic mass is 31.2. The number of carbonyl (C=O) groups excluding carboxylic acids is 2. The molecule has 3 N–H and O–H groups in total. The van der Waals surface area contributed by atoms with E-state index in [1.54, 1.807) is 81.4 Å². The fourth-order valence-electron chi connectivity index (χ4n) is 2.81. The molecule has 2 rings (SSSR count). The van der Waals surface area contributed by atoms with Crippen LogP contribution in [0.15, 0.2) is 60.7 Å². The second kappa shape index (κ2) is 12.3. The minimum atomic E-state index is -4.23. The second-order valence-corrected chi connectivity index (χ2v) is 10.7. The average Bonchev–Trinajstić information content (AvgIpc) is 2.76. The topological polar surface area (TPSA) is 140 Å². The van der Waals surface area contributed by atoms with Crippen LogP contribution in [-0.4, -0.2) is 40.5 Å². The molecule has 0 radical (unpaired) electrons. The molecule has 11 heteroatoms. The summed E-state index contributed by atoms with van der Waals surface area (Å²) in [5, 5.41) is 14.2. The molecule has 0 saturated carbocycles. The zero-order valence-corrected chi connectivity index (χ0v) is 21.0. The quantitative estimate of drug-likeness (QED) is 0.377. The van der Waals surface area contributed by atoms with E-state index < -0.39 is 49.4 Å². The minimum Gasteiger partial charge on any atom is -0.481 e. The van der Waals surface area contributed by atoms with Crippen LogP contribution in [0, 0.1) is 0 Å². The van der Waals surface area contributed by atoms with Crippen molar-refractivity contribution in [3.05, 3.63) is 60.7 Å². The van der Waals surface area contributed by atoms with Crippen molar-refractivity contribution >= 4 is 25.6 Å². The van der Waals surface area contributed by atoms with E-state index in [1.165, 1.54) is 6.92 Å². The van der Waals surface area contributed by atoms with Gasteiger partial charge in [-0.1, -0.05) is 36.4 Å². The number of carboxylic acid groups (broad SMARTS) is 1. The summed E-state index contributed by atoms with van der Waals surface area (Å²) < 4.78 is 30.7. The number of para-hydroxylation sites is 2. The number of ether oxygens (including phenoxy) is 1. The molecule has 0 aromatic heterocycles. The number of hydrogen-bond acceptors (Lipinski definition) is 7. The third kappa shape index (κ3) is 9.70. The van der Waals surface area contributed by atoms with Gasteiger partial charge in [-0.2, -0.15) is 0 Å². The van der Waals surface area contributed by atoms with Gasteiger partial charge in [0.25, 0.3) is 0 Å². The van der Waals surface area contributed by atoms with Gasteiger partial charge in [0.1, 0.15) is 23.1 Å². The van der Waals surface area contributed by atoms with E-state index in [0.29, 0.717) is 0 Å². The Morgan fingerprint density at radius 3 is 1.83 bits per heavy atom. The molecule has 1 unspecified atom stereocenters. The molecule has 0 heterocycles. The number of carboxylic acids is 1. The van der Waals surface area contributed by atoms with Crippen molar-refractivity contribution < 1.29 is 37.8 Å². The number of rotatable bonds is 11. The monoisotopic (exact) mass is 506 g/mol. The van der Waals surface area contributed by atoms with Gasteiger partial charge in [0, 0.05) is 6.42 Å². The Morgan fingerprint density at radius 1 is 0.914 bits per heavy atom. The second-order valence-electron chi connectivity index (χ2n) is 8.67. The zero-order chi connectivity index (χ0) is 26.1. The van der Waals surface area contributed by atoms with E-state index in [1.807, 2.05) is 0 Å². The maximum Gasteiger partial charge on any atom is 0.452 e. The Balaban J connectivity index is 2.31. The Hall–Kier alpha value is -3.52. The molecule has 0 aliphatic heterocycles. The molecule has 35 heavy (non-hydrogen) atoms. The predicted molar refractivity (Wildman–Crippen MR) is 129 cm³/mol. The molecular weight excluding hydrogens is 475 g/mol. The van der Waals surface area contributed by atoms with Gasteiger partial charge >= 0.3 is 19.7 Å². The number of nitrogens with one attached hydrogen (secondary N) is 2. The van der Waals surface area contributed by atoms with Crippen molar-refractivity contribution in [2.24, 2.45) is 0 Å². The highest BCUT2D eigenvalue weighted by molar-refractivity contribution is 7.55. The lowest BCUT2D eigenvalue weighted by molar-refractivity contribution is -0.137. The first kappa shape index (κ1) is 27.7. The van der Waals surface area contributed by atoms with Crippen molar-refractivity contribution in [1.29, 1.82) is 0 Å². The minimum absolute atomic E-state index is 0.210. The first-order valence-electron chi connectivity index (χ1n) is 11.0. The van der Waals surface area contributed by atoms with Crippen LogP contribution < -0.4 is 19.7 Å². The Labute approximate surface area is 204 Å². The fourth-order valence-corrected chi connectivity index (χ4v) is 4.66. The Kier molecular flexibility index (Phi) is 9.71. The van der Waals surface area contributed by atoms with E-state index in [0.717, 1.165) is 0 Å². The van der Waals surface area contributed by atoms with Crippen molar-refractivity contribution in [3.8, 4) is 11.5 Å². The summed E-state index contributed by atoms with van der Waals surface area (Å²) >= 11 is 0. The SMILES string of the molecule is C[C@H](NC(=O)OC(C)(C)C)C(=O)NC(CCC(=O)O)P(=O)(Oc1ccccc1)Oc1ccccc1. The molecule has 0 bridgehead atoms. The molecule has 2 atom stereocenters. The first-order valence-corrected chi connectivity index (χ1v) is 12.6. The highest BCUT2D eigenvalue weighted by Gasteiger charge is 2.41. The standard InChI is InChI=1S/C24H31N2O8P/c1-17(25-23(30)32-24(2,3)4)22(29)26-20(15-16-21(27)28)35(31,33-18-11-7-5-8-12-18)34-19-13-9-6-10-14-19/h5-14,17,20H,15-16H2,1-4H3,(H,25,30)(H,26,29)(H,27,28)/t17-,20?/m0/s1. The molecule has 0 fully saturated rings. The summed E-state index contributed by atoms with van der Waals surface area (Å²) in [6, 6.07) is 15.3. The van der Waals surface area contributed by atoms with E-state index >= 15 is 0 Å². The lowest BCUT2D eigenvalue weighted by atomic mass is 10.2. The summed E-state index contributed by atoms with van der Waals surface area (Å²) in [6.45, 7) is 6.45. The van der Waals surface area contributed by atoms with Gasteiger partial charge in [-0.3, -0.25) is 9.59 Å². The lowest BCUT2D eigenvalue weighted by Crippen LogP contribution is -2.49. The van der Waals surface area contributed by atoms with Crippen LogP contribution in [0.5, 0.6) is 11.5 Å². The zero-order valence-electron chi connectivity index (χ0n) is 20.1. The van der Waals surface area contributed by atoms with E-state index in [2.05, 4.69) is 10.6 Å². The van der Waals surface area contributed by atoms with Crippen LogP contribution in [0.1, 0.15) is 40.5 Å². The van der Waals surface area contributed by atoms with Crippen LogP contribution in [0.2, 0.25) is 0 Å².